The maximum atomic E-state index is 10.5. The number of hydrogen-bond acceptors (Lipinski definition) is 15. The van der Waals surface area contributed by atoms with Crippen LogP contribution in [-0.4, -0.2) is 134 Å². The Kier molecular flexibility index (Phi) is 35.5. The normalized spacial score (nSPS) is 13.5. The Balaban J connectivity index is -0.000000112. The molecular formula is C15H33N3Na3O18P3. The summed E-state index contributed by atoms with van der Waals surface area (Å²) in [4.78, 5) is 83.3. The third-order valence-corrected chi connectivity index (χ3v) is 5.87. The van der Waals surface area contributed by atoms with Gasteiger partial charge in [0.05, 0.1) is 17.9 Å². The van der Waals surface area contributed by atoms with E-state index in [-0.39, 0.29) is 88.7 Å². The molecule has 0 aromatic heterocycles. The molecule has 0 heterocycles. The molecule has 21 nitrogen and oxygen atoms in total. The van der Waals surface area contributed by atoms with Gasteiger partial charge in [0.2, 0.25) is 0 Å². The second-order valence-electron chi connectivity index (χ2n) is 7.67. The van der Waals surface area contributed by atoms with E-state index in [9.17, 15) is 43.4 Å². The molecule has 0 aliphatic rings. The molecular weight excluding hydrogens is 672 g/mol. The first-order valence-electron chi connectivity index (χ1n) is 10.2. The summed E-state index contributed by atoms with van der Waals surface area (Å²) in [7, 11) is -13.1. The van der Waals surface area contributed by atoms with Crippen LogP contribution in [0.4, 0.5) is 0 Å². The van der Waals surface area contributed by atoms with Gasteiger partial charge in [-0.05, 0) is 20.8 Å². The van der Waals surface area contributed by atoms with Gasteiger partial charge in [0.1, 0.15) is 37.5 Å². The second-order valence-corrected chi connectivity index (χ2v) is 12.5. The van der Waals surface area contributed by atoms with Crippen molar-refractivity contribution in [2.45, 2.75) is 39.5 Å². The molecule has 0 spiro atoms. The van der Waals surface area contributed by atoms with Gasteiger partial charge in [-0.25, -0.2) is 0 Å². The van der Waals surface area contributed by atoms with Crippen LogP contribution in [0, 0.1) is 0 Å². The predicted molar refractivity (Wildman–Crippen MR) is 121 cm³/mol. The molecule has 0 aliphatic carbocycles. The molecule has 3 atom stereocenters. The summed E-state index contributed by atoms with van der Waals surface area (Å²) in [5.41, 5.74) is 0. The van der Waals surface area contributed by atoms with Crippen LogP contribution in [0.2, 0.25) is 0 Å². The van der Waals surface area contributed by atoms with Crippen LogP contribution < -0.4 is 104 Å². The smallest absolute Gasteiger partial charge is 0.549 e. The topological polar surface area (TPSA) is 363 Å². The Bertz CT molecular complexity index is 799. The Hall–Kier alpha value is 1.62. The summed E-state index contributed by atoms with van der Waals surface area (Å²) in [6, 6.07) is 0. The molecule has 0 saturated carbocycles. The summed E-state index contributed by atoms with van der Waals surface area (Å²) in [6.45, 7) is 1.46. The average Bonchev–Trinajstić information content (AvgIpc) is 2.63. The average molecular weight is 705 g/mol. The van der Waals surface area contributed by atoms with Crippen molar-refractivity contribution in [3.63, 3.8) is 0 Å². The number of rotatable bonds is 15. The first kappa shape index (κ1) is 56.0. The van der Waals surface area contributed by atoms with Crippen molar-refractivity contribution in [3.05, 3.63) is 0 Å². The molecule has 0 bridgehead atoms. The molecule has 0 radical (unpaired) electrons. The largest absolute Gasteiger partial charge is 1.00 e. The SMILES string of the molecule is CC(O)N(CC(=O)[O-])CP(=O)(O)O.CC(O)N(CC(=O)[O-])CP(=O)(O)O.CC(O)N(CC(=O)[O-])CP(=O)(O)O.[Na+].[Na+].[Na+]. The Labute approximate surface area is 307 Å². The van der Waals surface area contributed by atoms with Crippen LogP contribution in [0.15, 0.2) is 0 Å². The number of aliphatic carboxylic acids is 3. The minimum atomic E-state index is -4.36. The van der Waals surface area contributed by atoms with E-state index < -0.39 is 97.9 Å². The summed E-state index contributed by atoms with van der Waals surface area (Å²) in [5.74, 6) is -4.52. The van der Waals surface area contributed by atoms with Crippen LogP contribution in [0.1, 0.15) is 20.8 Å². The fourth-order valence-corrected chi connectivity index (χ4v) is 4.54. The molecule has 27 heteroatoms. The molecule has 0 amide bonds. The summed E-state index contributed by atoms with van der Waals surface area (Å²) in [5, 5.41) is 57.0. The van der Waals surface area contributed by atoms with Gasteiger partial charge in [-0.15, -0.1) is 0 Å². The summed E-state index contributed by atoms with van der Waals surface area (Å²) >= 11 is 0. The summed E-state index contributed by atoms with van der Waals surface area (Å²) in [6.07, 6.45) is -6.16. The van der Waals surface area contributed by atoms with E-state index in [0.717, 1.165) is 0 Å². The first-order chi connectivity index (χ1) is 17.2. The van der Waals surface area contributed by atoms with Gasteiger partial charge < -0.3 is 74.4 Å². The number of carboxylic acid groups (broad SMARTS) is 3. The molecule has 0 aromatic rings. The second kappa shape index (κ2) is 26.7. The van der Waals surface area contributed by atoms with Gasteiger partial charge in [-0.2, -0.15) is 0 Å². The molecule has 9 N–H and O–H groups in total. The van der Waals surface area contributed by atoms with Gasteiger partial charge in [-0.3, -0.25) is 28.4 Å². The van der Waals surface area contributed by atoms with Crippen LogP contribution in [0.25, 0.3) is 0 Å². The molecule has 0 saturated heterocycles. The molecule has 42 heavy (non-hydrogen) atoms. The summed E-state index contributed by atoms with van der Waals surface area (Å²) < 4.78 is 31.4. The monoisotopic (exact) mass is 705 g/mol. The zero-order valence-electron chi connectivity index (χ0n) is 23.9. The molecule has 3 unspecified atom stereocenters. The third-order valence-electron chi connectivity index (χ3n) is 3.68. The van der Waals surface area contributed by atoms with Crippen LogP contribution >= 0.6 is 22.8 Å². The van der Waals surface area contributed by atoms with Crippen molar-refractivity contribution in [3.8, 4) is 0 Å². The Morgan fingerprint density at radius 3 is 0.738 bits per heavy atom. The van der Waals surface area contributed by atoms with Crippen LogP contribution in [0.3, 0.4) is 0 Å². The minimum Gasteiger partial charge on any atom is -0.549 e. The van der Waals surface area contributed by atoms with Gasteiger partial charge in [-0.1, -0.05) is 0 Å². The van der Waals surface area contributed by atoms with Crippen LogP contribution in [-0.2, 0) is 28.1 Å². The predicted octanol–water partition coefficient (Wildman–Crippen LogP) is -16.5. The van der Waals surface area contributed by atoms with E-state index in [2.05, 4.69) is 0 Å². The number of carbonyl (C=O) groups is 3. The molecule has 0 aromatic carbocycles. The number of carbonyl (C=O) groups excluding carboxylic acids is 3. The van der Waals surface area contributed by atoms with Crippen molar-refractivity contribution < 1.29 is 177 Å². The molecule has 234 valence electrons. The number of carboxylic acids is 3. The van der Waals surface area contributed by atoms with E-state index in [1.165, 1.54) is 20.8 Å². The maximum absolute atomic E-state index is 10.5. The molecule has 0 fully saturated rings. The van der Waals surface area contributed by atoms with E-state index in [1.54, 1.807) is 0 Å². The van der Waals surface area contributed by atoms with Gasteiger partial charge >= 0.3 is 111 Å². The van der Waals surface area contributed by atoms with Crippen molar-refractivity contribution in [2.75, 3.05) is 38.5 Å². The fourth-order valence-electron chi connectivity index (χ4n) is 2.11. The standard InChI is InChI=1S/3C5H12NO6P.3Na/c3*1-4(7)6(2-5(8)9)3-13(10,11)12;;;/h3*4,7H,2-3H2,1H3,(H,8,9)(H2,10,11,12);;;/q;;;3*+1/p-3. The van der Waals surface area contributed by atoms with Gasteiger partial charge in [0.15, 0.2) is 0 Å². The van der Waals surface area contributed by atoms with Crippen molar-refractivity contribution in [1.82, 2.24) is 14.7 Å². The van der Waals surface area contributed by atoms with Crippen molar-refractivity contribution in [1.29, 1.82) is 0 Å². The Morgan fingerprint density at radius 2 is 0.667 bits per heavy atom. The van der Waals surface area contributed by atoms with Gasteiger partial charge in [0.25, 0.3) is 0 Å². The quantitative estimate of drug-likeness (QED) is 0.0434. The van der Waals surface area contributed by atoms with Crippen molar-refractivity contribution >= 4 is 40.7 Å². The van der Waals surface area contributed by atoms with Crippen molar-refractivity contribution in [2.24, 2.45) is 0 Å². The van der Waals surface area contributed by atoms with E-state index in [1.807, 2.05) is 0 Å². The van der Waals surface area contributed by atoms with E-state index >= 15 is 0 Å². The van der Waals surface area contributed by atoms with Gasteiger partial charge in [0, 0.05) is 19.6 Å². The third kappa shape index (κ3) is 41.6. The van der Waals surface area contributed by atoms with E-state index in [4.69, 9.17) is 44.7 Å². The zero-order valence-corrected chi connectivity index (χ0v) is 32.5. The number of hydrogen-bond donors (Lipinski definition) is 9. The Morgan fingerprint density at radius 1 is 0.524 bits per heavy atom. The van der Waals surface area contributed by atoms with E-state index in [0.29, 0.717) is 14.7 Å². The molecule has 0 aliphatic heterocycles. The van der Waals surface area contributed by atoms with Crippen LogP contribution in [0.5, 0.6) is 0 Å². The number of nitrogens with zero attached hydrogens (tertiary/aromatic N) is 3. The minimum absolute atomic E-state index is 0. The first-order valence-corrected chi connectivity index (χ1v) is 15.6. The fraction of sp³-hybridized carbons (Fsp3) is 0.800. The molecule has 0 rings (SSSR count). The number of aliphatic hydroxyl groups excluding tert-OH is 3. The maximum Gasteiger partial charge on any atom is 1.00 e. The zero-order chi connectivity index (χ0) is 31.9. The number of aliphatic hydroxyl groups is 3.